The van der Waals surface area contributed by atoms with Gasteiger partial charge in [-0.15, -0.1) is 0 Å². The monoisotopic (exact) mass is 161 g/mol. The lowest BCUT2D eigenvalue weighted by molar-refractivity contribution is -0.00725. The molecular formula is C7H15NO3. The molecule has 1 aliphatic heterocycles. The Hall–Kier alpha value is -0.160. The smallest absolute Gasteiger partial charge is 0.0996 e. The van der Waals surface area contributed by atoms with Crippen LogP contribution < -0.4 is 5.32 Å². The van der Waals surface area contributed by atoms with Crippen LogP contribution in [0.3, 0.4) is 0 Å². The van der Waals surface area contributed by atoms with Gasteiger partial charge in [0.15, 0.2) is 0 Å². The summed E-state index contributed by atoms with van der Waals surface area (Å²) in [4.78, 5) is 0. The van der Waals surface area contributed by atoms with Crippen LogP contribution in [0.25, 0.3) is 0 Å². The van der Waals surface area contributed by atoms with Crippen molar-refractivity contribution in [2.45, 2.75) is 31.2 Å². The largest absolute Gasteiger partial charge is 0.395 e. The maximum atomic E-state index is 9.47. The number of methoxy groups -OCH3 is 1. The highest BCUT2D eigenvalue weighted by molar-refractivity contribution is 4.96. The maximum Gasteiger partial charge on any atom is 0.0996 e. The third kappa shape index (κ3) is 1.54. The number of nitrogens with one attached hydrogen (secondary N) is 1. The molecule has 1 aliphatic rings. The summed E-state index contributed by atoms with van der Waals surface area (Å²) in [5.74, 6) is 0. The van der Waals surface area contributed by atoms with Gasteiger partial charge in [0.1, 0.15) is 0 Å². The fraction of sp³-hybridized carbons (Fsp3) is 1.00. The van der Waals surface area contributed by atoms with E-state index in [9.17, 15) is 5.11 Å². The molecule has 0 aromatic rings. The third-order valence-corrected chi connectivity index (χ3v) is 2.19. The topological polar surface area (TPSA) is 61.7 Å². The van der Waals surface area contributed by atoms with Gasteiger partial charge in [0.2, 0.25) is 0 Å². The molecule has 3 N–H and O–H groups in total. The van der Waals surface area contributed by atoms with E-state index in [1.54, 1.807) is 7.11 Å². The average molecular weight is 161 g/mol. The summed E-state index contributed by atoms with van der Waals surface area (Å²) in [6.07, 6.45) is -0.799. The van der Waals surface area contributed by atoms with Crippen LogP contribution in [-0.4, -0.2) is 48.2 Å². The van der Waals surface area contributed by atoms with Crippen LogP contribution in [0, 0.1) is 0 Å². The second kappa shape index (κ2) is 3.49. The van der Waals surface area contributed by atoms with Gasteiger partial charge in [-0.25, -0.2) is 0 Å². The molecule has 1 fully saturated rings. The molecule has 4 atom stereocenters. The van der Waals surface area contributed by atoms with E-state index >= 15 is 0 Å². The standard InChI is InChI=1S/C7H15NO3/c1-4-7(11-2)6(10)5(3-9)8-4/h4-10H,3H2,1-2H3/t4-,5+,6+,7+/m0/s1. The van der Waals surface area contributed by atoms with E-state index in [1.807, 2.05) is 6.92 Å². The SMILES string of the molecule is CO[C@H]1[C@H](O)[C@@H](CO)N[C@H]1C. The number of aliphatic hydroxyl groups excluding tert-OH is 2. The minimum Gasteiger partial charge on any atom is -0.395 e. The summed E-state index contributed by atoms with van der Waals surface area (Å²) < 4.78 is 5.04. The van der Waals surface area contributed by atoms with Crippen molar-refractivity contribution in [1.29, 1.82) is 0 Å². The molecule has 0 amide bonds. The number of hydrogen-bond donors (Lipinski definition) is 3. The van der Waals surface area contributed by atoms with Crippen molar-refractivity contribution >= 4 is 0 Å². The molecule has 0 radical (unpaired) electrons. The fourth-order valence-corrected chi connectivity index (χ4v) is 1.56. The molecule has 0 aliphatic carbocycles. The lowest BCUT2D eigenvalue weighted by Gasteiger charge is -2.16. The van der Waals surface area contributed by atoms with Gasteiger partial charge in [0, 0.05) is 13.2 Å². The van der Waals surface area contributed by atoms with Gasteiger partial charge >= 0.3 is 0 Å². The van der Waals surface area contributed by atoms with Crippen molar-refractivity contribution in [3.63, 3.8) is 0 Å². The van der Waals surface area contributed by atoms with Crippen molar-refractivity contribution in [2.24, 2.45) is 0 Å². The quantitative estimate of drug-likeness (QED) is 0.472. The van der Waals surface area contributed by atoms with Crippen LogP contribution in [0.15, 0.2) is 0 Å². The zero-order chi connectivity index (χ0) is 8.43. The van der Waals surface area contributed by atoms with Crippen molar-refractivity contribution in [2.75, 3.05) is 13.7 Å². The number of hydrogen-bond acceptors (Lipinski definition) is 4. The Morgan fingerprint density at radius 1 is 1.55 bits per heavy atom. The summed E-state index contributed by atoms with van der Waals surface area (Å²) in [6, 6.07) is -0.137. The van der Waals surface area contributed by atoms with Gasteiger partial charge in [-0.2, -0.15) is 0 Å². The van der Waals surface area contributed by atoms with E-state index in [1.165, 1.54) is 0 Å². The Morgan fingerprint density at radius 2 is 2.18 bits per heavy atom. The van der Waals surface area contributed by atoms with Gasteiger partial charge < -0.3 is 20.3 Å². The zero-order valence-corrected chi connectivity index (χ0v) is 6.82. The number of ether oxygens (including phenoxy) is 1. The van der Waals surface area contributed by atoms with Crippen LogP contribution in [-0.2, 0) is 4.74 Å². The molecule has 11 heavy (non-hydrogen) atoms. The molecule has 0 aromatic carbocycles. The molecule has 4 heteroatoms. The molecule has 0 bridgehead atoms. The summed E-state index contributed by atoms with van der Waals surface area (Å²) in [5.41, 5.74) is 0. The Balaban J connectivity index is 2.55. The van der Waals surface area contributed by atoms with Crippen molar-refractivity contribution in [3.8, 4) is 0 Å². The van der Waals surface area contributed by atoms with Crippen molar-refractivity contribution in [3.05, 3.63) is 0 Å². The van der Waals surface area contributed by atoms with Crippen LogP contribution in [0.4, 0.5) is 0 Å². The van der Waals surface area contributed by atoms with E-state index in [0.29, 0.717) is 0 Å². The number of aliphatic hydroxyl groups is 2. The van der Waals surface area contributed by atoms with Crippen LogP contribution in [0.5, 0.6) is 0 Å². The lowest BCUT2D eigenvalue weighted by atomic mass is 10.1. The van der Waals surface area contributed by atoms with Crippen LogP contribution in [0.2, 0.25) is 0 Å². The van der Waals surface area contributed by atoms with Crippen LogP contribution >= 0.6 is 0 Å². The molecule has 66 valence electrons. The molecule has 1 rings (SSSR count). The normalized spacial score (nSPS) is 44.7. The van der Waals surface area contributed by atoms with E-state index in [2.05, 4.69) is 5.32 Å². The summed E-state index contributed by atoms with van der Waals surface area (Å²) in [7, 11) is 1.56. The first kappa shape index (κ1) is 8.93. The minimum absolute atomic E-state index is 0.0502. The highest BCUT2D eigenvalue weighted by atomic mass is 16.5. The summed E-state index contributed by atoms with van der Waals surface area (Å²) in [6.45, 7) is 1.87. The first-order valence-electron chi connectivity index (χ1n) is 3.78. The molecule has 0 spiro atoms. The first-order chi connectivity index (χ1) is 5.20. The maximum absolute atomic E-state index is 9.47. The Kier molecular flexibility index (Phi) is 2.84. The molecule has 1 saturated heterocycles. The molecule has 0 unspecified atom stereocenters. The van der Waals surface area contributed by atoms with Gasteiger partial charge in [0.05, 0.1) is 24.9 Å². The van der Waals surface area contributed by atoms with E-state index in [-0.39, 0.29) is 24.8 Å². The van der Waals surface area contributed by atoms with Gasteiger partial charge in [-0.05, 0) is 6.92 Å². The second-order valence-electron chi connectivity index (χ2n) is 2.94. The molecular weight excluding hydrogens is 146 g/mol. The Labute approximate surface area is 66.2 Å². The van der Waals surface area contributed by atoms with Crippen LogP contribution in [0.1, 0.15) is 6.92 Å². The molecule has 1 heterocycles. The van der Waals surface area contributed by atoms with E-state index in [0.717, 1.165) is 0 Å². The lowest BCUT2D eigenvalue weighted by Crippen LogP contribution is -2.36. The molecule has 0 saturated carbocycles. The highest BCUT2D eigenvalue weighted by Crippen LogP contribution is 2.16. The molecule has 0 aromatic heterocycles. The van der Waals surface area contributed by atoms with Gasteiger partial charge in [-0.1, -0.05) is 0 Å². The highest BCUT2D eigenvalue weighted by Gasteiger charge is 2.39. The second-order valence-corrected chi connectivity index (χ2v) is 2.94. The Morgan fingerprint density at radius 3 is 2.45 bits per heavy atom. The van der Waals surface area contributed by atoms with Gasteiger partial charge in [-0.3, -0.25) is 0 Å². The fourth-order valence-electron chi connectivity index (χ4n) is 1.56. The van der Waals surface area contributed by atoms with E-state index in [4.69, 9.17) is 9.84 Å². The molecule has 4 nitrogen and oxygen atoms in total. The summed E-state index contributed by atoms with van der Waals surface area (Å²) >= 11 is 0. The predicted octanol–water partition coefficient (Wildman–Crippen LogP) is -1.29. The number of rotatable bonds is 2. The summed E-state index contributed by atoms with van der Waals surface area (Å²) in [5, 5.41) is 21.3. The van der Waals surface area contributed by atoms with E-state index < -0.39 is 6.10 Å². The van der Waals surface area contributed by atoms with Gasteiger partial charge in [0.25, 0.3) is 0 Å². The average Bonchev–Trinajstić information content (AvgIpc) is 2.26. The first-order valence-corrected chi connectivity index (χ1v) is 3.78. The Bertz CT molecular complexity index is 131. The van der Waals surface area contributed by atoms with Crippen molar-refractivity contribution < 1.29 is 14.9 Å². The predicted molar refractivity (Wildman–Crippen MR) is 40.3 cm³/mol. The van der Waals surface area contributed by atoms with Crippen molar-refractivity contribution in [1.82, 2.24) is 5.32 Å². The minimum atomic E-state index is -0.597. The zero-order valence-electron chi connectivity index (χ0n) is 6.82. The third-order valence-electron chi connectivity index (χ3n) is 2.19.